The summed E-state index contributed by atoms with van der Waals surface area (Å²) in [5, 5.41) is 13.0. The van der Waals surface area contributed by atoms with E-state index in [-0.39, 0.29) is 23.7 Å². The standard InChI is InChI=1S/C15H16FN3O4/c16-12-6-11(19(22)23)3-4-13(12)17-15(21)10-5-14(20)18(8-10)7-9-1-2-9/h3-4,6,9-10H,1-2,5,7-8H2,(H,17,21)/t10-/m1/s1. The molecule has 23 heavy (non-hydrogen) atoms. The van der Waals surface area contributed by atoms with E-state index in [0.29, 0.717) is 19.0 Å². The number of likely N-dealkylation sites (tertiary alicyclic amines) is 1. The van der Waals surface area contributed by atoms with E-state index >= 15 is 0 Å². The molecule has 1 heterocycles. The first-order chi connectivity index (χ1) is 10.9. The molecule has 1 saturated carbocycles. The van der Waals surface area contributed by atoms with Crippen molar-refractivity contribution in [2.75, 3.05) is 18.4 Å². The molecular weight excluding hydrogens is 305 g/mol. The topological polar surface area (TPSA) is 92.5 Å². The molecule has 8 heteroatoms. The van der Waals surface area contributed by atoms with E-state index in [1.54, 1.807) is 4.90 Å². The van der Waals surface area contributed by atoms with Crippen LogP contribution in [0.5, 0.6) is 0 Å². The van der Waals surface area contributed by atoms with Crippen LogP contribution in [-0.2, 0) is 9.59 Å². The van der Waals surface area contributed by atoms with E-state index in [2.05, 4.69) is 5.32 Å². The van der Waals surface area contributed by atoms with Gasteiger partial charge in [0.15, 0.2) is 5.82 Å². The second-order valence-corrected chi connectivity index (χ2v) is 6.05. The Kier molecular flexibility index (Phi) is 3.97. The first kappa shape index (κ1) is 15.4. The van der Waals surface area contributed by atoms with Crippen LogP contribution < -0.4 is 5.32 Å². The third kappa shape index (κ3) is 3.46. The van der Waals surface area contributed by atoms with Crippen molar-refractivity contribution in [1.29, 1.82) is 0 Å². The molecule has 2 aliphatic rings. The summed E-state index contributed by atoms with van der Waals surface area (Å²) in [7, 11) is 0. The van der Waals surface area contributed by atoms with Gasteiger partial charge in [-0.1, -0.05) is 0 Å². The number of carbonyl (C=O) groups is 2. The van der Waals surface area contributed by atoms with Gasteiger partial charge in [0.1, 0.15) is 0 Å². The van der Waals surface area contributed by atoms with Crippen LogP contribution in [0.15, 0.2) is 18.2 Å². The van der Waals surface area contributed by atoms with E-state index in [1.807, 2.05) is 0 Å². The highest BCUT2D eigenvalue weighted by molar-refractivity contribution is 5.97. The third-order valence-corrected chi connectivity index (χ3v) is 4.18. The number of hydrogen-bond acceptors (Lipinski definition) is 4. The first-order valence-corrected chi connectivity index (χ1v) is 7.46. The molecule has 0 unspecified atom stereocenters. The Bertz CT molecular complexity index is 675. The maximum absolute atomic E-state index is 13.8. The fourth-order valence-electron chi connectivity index (χ4n) is 2.69. The molecule has 2 fully saturated rings. The number of halogens is 1. The number of nitro groups is 1. The minimum atomic E-state index is -0.869. The maximum atomic E-state index is 13.8. The molecule has 1 aromatic rings. The van der Waals surface area contributed by atoms with Gasteiger partial charge in [0, 0.05) is 25.6 Å². The number of amides is 2. The normalized spacial score (nSPS) is 20.7. The molecule has 0 bridgehead atoms. The number of benzene rings is 1. The number of non-ortho nitro benzene ring substituents is 1. The average Bonchev–Trinajstić information content (AvgIpc) is 3.23. The first-order valence-electron chi connectivity index (χ1n) is 7.46. The Morgan fingerprint density at radius 2 is 2.17 bits per heavy atom. The van der Waals surface area contributed by atoms with Crippen LogP contribution in [0.1, 0.15) is 19.3 Å². The van der Waals surface area contributed by atoms with Crippen LogP contribution in [0.2, 0.25) is 0 Å². The van der Waals surface area contributed by atoms with Gasteiger partial charge in [0.25, 0.3) is 5.69 Å². The number of rotatable bonds is 5. The second-order valence-electron chi connectivity index (χ2n) is 6.05. The van der Waals surface area contributed by atoms with Gasteiger partial charge in [0.2, 0.25) is 11.8 Å². The molecule has 3 rings (SSSR count). The average molecular weight is 321 g/mol. The second kappa shape index (κ2) is 5.94. The van der Waals surface area contributed by atoms with Crippen LogP contribution >= 0.6 is 0 Å². The maximum Gasteiger partial charge on any atom is 0.272 e. The molecule has 0 aromatic heterocycles. The summed E-state index contributed by atoms with van der Waals surface area (Å²) in [4.78, 5) is 35.6. The SMILES string of the molecule is O=C(Nc1ccc([N+](=O)[O-])cc1F)[C@@H]1CC(=O)N(CC2CC2)C1. The van der Waals surface area contributed by atoms with Gasteiger partial charge < -0.3 is 10.2 Å². The van der Waals surface area contributed by atoms with E-state index in [4.69, 9.17) is 0 Å². The Morgan fingerprint density at radius 3 is 2.78 bits per heavy atom. The number of hydrogen-bond donors (Lipinski definition) is 1. The molecule has 1 aliphatic carbocycles. The number of nitro benzene ring substituents is 1. The molecule has 1 aliphatic heterocycles. The molecule has 1 saturated heterocycles. The van der Waals surface area contributed by atoms with Crippen molar-refractivity contribution < 1.29 is 18.9 Å². The van der Waals surface area contributed by atoms with Crippen LogP contribution in [0.4, 0.5) is 15.8 Å². The van der Waals surface area contributed by atoms with E-state index in [1.165, 1.54) is 0 Å². The van der Waals surface area contributed by atoms with Gasteiger partial charge in [-0.15, -0.1) is 0 Å². The highest BCUT2D eigenvalue weighted by Crippen LogP contribution is 2.32. The van der Waals surface area contributed by atoms with Gasteiger partial charge in [0.05, 0.1) is 22.6 Å². The zero-order valence-corrected chi connectivity index (χ0v) is 12.3. The van der Waals surface area contributed by atoms with E-state index in [9.17, 15) is 24.1 Å². The zero-order chi connectivity index (χ0) is 16.6. The van der Waals surface area contributed by atoms with Crippen LogP contribution in [-0.4, -0.2) is 34.7 Å². The molecule has 0 radical (unpaired) electrons. The van der Waals surface area contributed by atoms with Crippen molar-refractivity contribution >= 4 is 23.2 Å². The number of carbonyl (C=O) groups excluding carboxylic acids is 2. The van der Waals surface area contributed by atoms with E-state index in [0.717, 1.165) is 31.0 Å². The van der Waals surface area contributed by atoms with Crippen molar-refractivity contribution in [2.45, 2.75) is 19.3 Å². The van der Waals surface area contributed by atoms with Crippen LogP contribution in [0.25, 0.3) is 0 Å². The molecule has 1 N–H and O–H groups in total. The lowest BCUT2D eigenvalue weighted by atomic mass is 10.1. The summed E-state index contributed by atoms with van der Waals surface area (Å²) in [6.45, 7) is 1.03. The molecule has 0 spiro atoms. The lowest BCUT2D eigenvalue weighted by Gasteiger charge is -2.16. The Hall–Kier alpha value is -2.51. The summed E-state index contributed by atoms with van der Waals surface area (Å²) in [6, 6.07) is 3.04. The largest absolute Gasteiger partial charge is 0.342 e. The molecule has 7 nitrogen and oxygen atoms in total. The number of nitrogens with one attached hydrogen (secondary N) is 1. The highest BCUT2D eigenvalue weighted by Gasteiger charge is 2.37. The monoisotopic (exact) mass is 321 g/mol. The lowest BCUT2D eigenvalue weighted by Crippen LogP contribution is -2.30. The van der Waals surface area contributed by atoms with E-state index < -0.39 is 22.6 Å². The molecule has 122 valence electrons. The molecular formula is C15H16FN3O4. The zero-order valence-electron chi connectivity index (χ0n) is 12.3. The smallest absolute Gasteiger partial charge is 0.272 e. The fourth-order valence-corrected chi connectivity index (χ4v) is 2.69. The number of anilines is 1. The minimum absolute atomic E-state index is 0.0544. The summed E-state index contributed by atoms with van der Waals surface area (Å²) >= 11 is 0. The summed E-state index contributed by atoms with van der Waals surface area (Å²) in [5.74, 6) is -1.33. The van der Waals surface area contributed by atoms with Crippen molar-refractivity contribution in [1.82, 2.24) is 4.90 Å². The summed E-state index contributed by atoms with van der Waals surface area (Å²) in [5.41, 5.74) is -0.499. The molecule has 2 amide bonds. The third-order valence-electron chi connectivity index (χ3n) is 4.18. The quantitative estimate of drug-likeness (QED) is 0.662. The Balaban J connectivity index is 1.63. The van der Waals surface area contributed by atoms with Crippen molar-refractivity contribution in [3.05, 3.63) is 34.1 Å². The van der Waals surface area contributed by atoms with Gasteiger partial charge in [-0.3, -0.25) is 19.7 Å². The predicted molar refractivity (Wildman–Crippen MR) is 79.1 cm³/mol. The van der Waals surface area contributed by atoms with Crippen molar-refractivity contribution in [2.24, 2.45) is 11.8 Å². The summed E-state index contributed by atoms with van der Waals surface area (Å²) < 4.78 is 13.8. The van der Waals surface area contributed by atoms with Gasteiger partial charge in [-0.25, -0.2) is 4.39 Å². The van der Waals surface area contributed by atoms with Gasteiger partial charge in [-0.05, 0) is 24.8 Å². The van der Waals surface area contributed by atoms with Gasteiger partial charge >= 0.3 is 0 Å². The fraction of sp³-hybridized carbons (Fsp3) is 0.467. The summed E-state index contributed by atoms with van der Waals surface area (Å²) in [6.07, 6.45) is 2.36. The predicted octanol–water partition coefficient (Wildman–Crippen LogP) is 1.93. The van der Waals surface area contributed by atoms with Crippen LogP contribution in [0.3, 0.4) is 0 Å². The molecule has 1 aromatic carbocycles. The van der Waals surface area contributed by atoms with Crippen LogP contribution in [0, 0.1) is 27.8 Å². The van der Waals surface area contributed by atoms with Crippen molar-refractivity contribution in [3.63, 3.8) is 0 Å². The van der Waals surface area contributed by atoms with Crippen molar-refractivity contribution in [3.8, 4) is 0 Å². The lowest BCUT2D eigenvalue weighted by molar-refractivity contribution is -0.385. The minimum Gasteiger partial charge on any atom is -0.342 e. The van der Waals surface area contributed by atoms with Gasteiger partial charge in [-0.2, -0.15) is 0 Å². The highest BCUT2D eigenvalue weighted by atomic mass is 19.1. The Labute approximate surface area is 131 Å². The Morgan fingerprint density at radius 1 is 1.43 bits per heavy atom. The molecule has 1 atom stereocenters. The number of nitrogens with zero attached hydrogens (tertiary/aromatic N) is 2.